The fourth-order valence-electron chi connectivity index (χ4n) is 5.44. The first-order valence-corrected chi connectivity index (χ1v) is 11.6. The first-order chi connectivity index (χ1) is 16.7. The molecule has 0 aliphatic carbocycles. The third kappa shape index (κ3) is 3.56. The molecule has 3 aromatic rings. The molecule has 2 aliphatic rings. The molecule has 2 aliphatic heterocycles. The number of nitrogens with one attached hydrogen (secondary N) is 2. The Morgan fingerprint density at radius 1 is 1.03 bits per heavy atom. The lowest BCUT2D eigenvalue weighted by molar-refractivity contribution is -0.131. The van der Waals surface area contributed by atoms with Crippen molar-refractivity contribution >= 4 is 40.7 Å². The van der Waals surface area contributed by atoms with E-state index in [2.05, 4.69) is 10.6 Å². The number of aryl methyl sites for hydroxylation is 1. The van der Waals surface area contributed by atoms with Crippen LogP contribution in [0.15, 0.2) is 48.5 Å². The summed E-state index contributed by atoms with van der Waals surface area (Å²) in [6, 6.07) is 10.8. The number of amides is 2. The van der Waals surface area contributed by atoms with Gasteiger partial charge < -0.3 is 15.4 Å². The predicted molar refractivity (Wildman–Crippen MR) is 129 cm³/mol. The van der Waals surface area contributed by atoms with E-state index < -0.39 is 34.9 Å². The molecule has 1 saturated heterocycles. The first kappa shape index (κ1) is 23.6. The molecule has 0 aromatic heterocycles. The molecule has 0 radical (unpaired) electrons. The van der Waals surface area contributed by atoms with Crippen molar-refractivity contribution < 1.29 is 23.1 Å². The van der Waals surface area contributed by atoms with Gasteiger partial charge in [-0.25, -0.2) is 8.78 Å². The van der Waals surface area contributed by atoms with Crippen LogP contribution in [0.5, 0.6) is 5.75 Å². The maximum atomic E-state index is 14.4. The van der Waals surface area contributed by atoms with E-state index in [0.29, 0.717) is 33.0 Å². The smallest absolute Gasteiger partial charge is 0.238 e. The van der Waals surface area contributed by atoms with Gasteiger partial charge in [0.25, 0.3) is 0 Å². The molecule has 9 heteroatoms. The Hall–Kier alpha value is -3.16. The quantitative estimate of drug-likeness (QED) is 0.460. The molecule has 5 rings (SSSR count). The summed E-state index contributed by atoms with van der Waals surface area (Å²) < 4.78 is 34.2. The third-order valence-electron chi connectivity index (χ3n) is 6.95. The monoisotopic (exact) mass is 516 g/mol. The summed E-state index contributed by atoms with van der Waals surface area (Å²) in [6.07, 6.45) is -0.112. The lowest BCUT2D eigenvalue weighted by Gasteiger charge is -2.47. The summed E-state index contributed by atoms with van der Waals surface area (Å²) >= 11 is 12.4. The van der Waals surface area contributed by atoms with Crippen LogP contribution in [0.4, 0.5) is 14.5 Å². The molecule has 2 heterocycles. The van der Waals surface area contributed by atoms with Crippen LogP contribution in [0.3, 0.4) is 0 Å². The van der Waals surface area contributed by atoms with E-state index >= 15 is 0 Å². The van der Waals surface area contributed by atoms with Gasteiger partial charge in [-0.05, 0) is 53.9 Å². The van der Waals surface area contributed by atoms with Gasteiger partial charge in [-0.3, -0.25) is 9.59 Å². The van der Waals surface area contributed by atoms with Crippen LogP contribution in [-0.4, -0.2) is 18.9 Å². The molecule has 1 spiro atoms. The molecule has 2 amide bonds. The Kier molecular flexibility index (Phi) is 5.73. The Balaban J connectivity index is 1.86. The van der Waals surface area contributed by atoms with Crippen molar-refractivity contribution in [3.05, 3.63) is 92.5 Å². The molecule has 3 aromatic carbocycles. The minimum absolute atomic E-state index is 0.112. The Morgan fingerprint density at radius 3 is 2.54 bits per heavy atom. The Bertz CT molecular complexity index is 1400. The number of carbonyl (C=O) groups excluding carboxylic acids is 2. The number of carbonyl (C=O) groups is 2. The van der Waals surface area contributed by atoms with Gasteiger partial charge in [0, 0.05) is 34.7 Å². The zero-order chi connectivity index (χ0) is 25.1. The van der Waals surface area contributed by atoms with E-state index in [-0.39, 0.29) is 23.1 Å². The highest BCUT2D eigenvalue weighted by Gasteiger charge is 2.62. The molecule has 0 bridgehead atoms. The fourth-order valence-corrected chi connectivity index (χ4v) is 5.78. The number of halogens is 4. The number of hydrogen-bond acceptors (Lipinski definition) is 3. The number of methoxy groups -OCH3 is 1. The number of rotatable bonds is 3. The number of piperidine rings is 1. The average Bonchev–Trinajstić information content (AvgIpc) is 3.09. The van der Waals surface area contributed by atoms with E-state index in [1.54, 1.807) is 31.2 Å². The van der Waals surface area contributed by atoms with Crippen molar-refractivity contribution in [2.45, 2.75) is 30.7 Å². The lowest BCUT2D eigenvalue weighted by atomic mass is 9.59. The summed E-state index contributed by atoms with van der Waals surface area (Å²) in [7, 11) is 1.37. The molecule has 3 atom stereocenters. The predicted octanol–water partition coefficient (Wildman–Crippen LogP) is 5.82. The van der Waals surface area contributed by atoms with Crippen molar-refractivity contribution in [3.8, 4) is 5.75 Å². The van der Waals surface area contributed by atoms with Crippen molar-refractivity contribution in [1.29, 1.82) is 0 Å². The Labute approximate surface area is 210 Å². The van der Waals surface area contributed by atoms with E-state index in [4.69, 9.17) is 27.9 Å². The highest BCUT2D eigenvalue weighted by Crippen LogP contribution is 2.59. The van der Waals surface area contributed by atoms with E-state index in [0.717, 1.165) is 6.07 Å². The third-order valence-corrected chi connectivity index (χ3v) is 7.48. The van der Waals surface area contributed by atoms with Crippen LogP contribution in [0.2, 0.25) is 10.0 Å². The number of anilines is 1. The van der Waals surface area contributed by atoms with Crippen LogP contribution in [0, 0.1) is 18.6 Å². The van der Waals surface area contributed by atoms with Gasteiger partial charge >= 0.3 is 0 Å². The zero-order valence-electron chi connectivity index (χ0n) is 18.7. The van der Waals surface area contributed by atoms with Gasteiger partial charge in [0.05, 0.1) is 18.2 Å². The highest BCUT2D eigenvalue weighted by atomic mass is 35.5. The highest BCUT2D eigenvalue weighted by molar-refractivity contribution is 6.31. The zero-order valence-corrected chi connectivity index (χ0v) is 20.2. The second-order valence-corrected chi connectivity index (χ2v) is 9.62. The summed E-state index contributed by atoms with van der Waals surface area (Å²) in [5, 5.41) is 6.07. The molecule has 5 nitrogen and oxygen atoms in total. The number of ether oxygens (including phenoxy) is 1. The summed E-state index contributed by atoms with van der Waals surface area (Å²) in [5.74, 6) is -2.63. The second-order valence-electron chi connectivity index (χ2n) is 8.78. The van der Waals surface area contributed by atoms with E-state index in [9.17, 15) is 18.4 Å². The minimum atomic E-state index is -1.43. The molecule has 0 saturated carbocycles. The first-order valence-electron chi connectivity index (χ1n) is 10.9. The van der Waals surface area contributed by atoms with Gasteiger partial charge in [0.2, 0.25) is 11.8 Å². The number of benzene rings is 3. The maximum Gasteiger partial charge on any atom is 0.238 e. The molecule has 2 N–H and O–H groups in total. The van der Waals surface area contributed by atoms with Gasteiger partial charge in [-0.1, -0.05) is 35.3 Å². The average molecular weight is 517 g/mol. The molecule has 3 unspecified atom stereocenters. The maximum absolute atomic E-state index is 14.4. The SMILES string of the molecule is COc1cc(F)c(Cl)cc1C1CC(=O)NC(c2cc(F)ccc2C)C12C(=O)Nc1cc(Cl)ccc12. The second kappa shape index (κ2) is 8.50. The lowest BCUT2D eigenvalue weighted by Crippen LogP contribution is -2.57. The van der Waals surface area contributed by atoms with Crippen molar-refractivity contribution in [2.24, 2.45) is 0 Å². The summed E-state index contributed by atoms with van der Waals surface area (Å²) in [4.78, 5) is 27.1. The topological polar surface area (TPSA) is 67.4 Å². The van der Waals surface area contributed by atoms with Gasteiger partial charge in [0.1, 0.15) is 22.8 Å². The van der Waals surface area contributed by atoms with Gasteiger partial charge in [0.15, 0.2) is 0 Å². The minimum Gasteiger partial charge on any atom is -0.496 e. The Morgan fingerprint density at radius 2 is 1.80 bits per heavy atom. The normalized spacial score (nSPS) is 23.1. The standard InChI is InChI=1S/C26H20Cl2F2N2O3/c1-12-3-5-14(29)8-15(12)24-26(17-6-4-13(27)7-21(17)31-25(26)34)18(10-23(33)32-24)16-9-19(28)20(30)11-22(16)35-2/h3-9,11,18,24H,10H2,1-2H3,(H,31,34)(H,32,33). The van der Waals surface area contributed by atoms with Gasteiger partial charge in [-0.2, -0.15) is 0 Å². The largest absolute Gasteiger partial charge is 0.496 e. The van der Waals surface area contributed by atoms with E-state index in [1.807, 2.05) is 0 Å². The molecule has 180 valence electrons. The van der Waals surface area contributed by atoms with Crippen LogP contribution >= 0.6 is 23.2 Å². The van der Waals surface area contributed by atoms with Gasteiger partial charge in [-0.15, -0.1) is 0 Å². The van der Waals surface area contributed by atoms with Crippen molar-refractivity contribution in [3.63, 3.8) is 0 Å². The molecule has 35 heavy (non-hydrogen) atoms. The molecular weight excluding hydrogens is 497 g/mol. The van der Waals surface area contributed by atoms with Crippen molar-refractivity contribution in [1.82, 2.24) is 5.32 Å². The summed E-state index contributed by atoms with van der Waals surface area (Å²) in [6.45, 7) is 1.78. The molecule has 1 fully saturated rings. The van der Waals surface area contributed by atoms with Crippen LogP contribution in [0.25, 0.3) is 0 Å². The van der Waals surface area contributed by atoms with Crippen LogP contribution in [-0.2, 0) is 15.0 Å². The van der Waals surface area contributed by atoms with Crippen LogP contribution < -0.4 is 15.4 Å². The summed E-state index contributed by atoms with van der Waals surface area (Å²) in [5.41, 5.74) is 1.17. The fraction of sp³-hybridized carbons (Fsp3) is 0.231. The number of hydrogen-bond donors (Lipinski definition) is 2. The number of fused-ring (bicyclic) bond motifs is 2. The van der Waals surface area contributed by atoms with Crippen molar-refractivity contribution in [2.75, 3.05) is 12.4 Å². The molecular formula is C26H20Cl2F2N2O3. The van der Waals surface area contributed by atoms with Crippen LogP contribution in [0.1, 0.15) is 40.6 Å². The van der Waals surface area contributed by atoms with E-state index in [1.165, 1.54) is 25.3 Å².